The van der Waals surface area contributed by atoms with Crippen LogP contribution in [0.1, 0.15) is 17.2 Å². The normalized spacial score (nSPS) is 13.5. The van der Waals surface area contributed by atoms with Crippen molar-refractivity contribution in [2.45, 2.75) is 12.5 Å². The first-order valence-corrected chi connectivity index (χ1v) is 7.34. The number of likely N-dealkylation sites (N-methyl/N-ethyl adjacent to an activating group) is 1. The summed E-state index contributed by atoms with van der Waals surface area (Å²) in [4.78, 5) is 11.5. The zero-order chi connectivity index (χ0) is 15.9. The van der Waals surface area contributed by atoms with E-state index in [-0.39, 0.29) is 5.69 Å². The second kappa shape index (κ2) is 7.68. The predicted molar refractivity (Wildman–Crippen MR) is 84.8 cm³/mol. The molecule has 2 rings (SSSR count). The van der Waals surface area contributed by atoms with Crippen molar-refractivity contribution in [3.05, 3.63) is 75.8 Å². The van der Waals surface area contributed by atoms with Gasteiger partial charge in [0.25, 0.3) is 5.69 Å². The summed E-state index contributed by atoms with van der Waals surface area (Å²) in [5.74, 6) is 0. The summed E-state index contributed by atoms with van der Waals surface area (Å²) in [6, 6.07) is 16.4. The summed E-state index contributed by atoms with van der Waals surface area (Å²) in [6.07, 6.45) is 0.240. The highest BCUT2D eigenvalue weighted by Gasteiger charge is 2.16. The van der Waals surface area contributed by atoms with Crippen LogP contribution in [0.2, 0.25) is 0 Å². The van der Waals surface area contributed by atoms with Crippen molar-refractivity contribution < 1.29 is 14.9 Å². The lowest BCUT2D eigenvalue weighted by Gasteiger charge is -2.18. The van der Waals surface area contributed by atoms with Crippen LogP contribution >= 0.6 is 0 Å². The minimum absolute atomic E-state index is 0.0125. The van der Waals surface area contributed by atoms with Gasteiger partial charge in [0.1, 0.15) is 12.6 Å². The van der Waals surface area contributed by atoms with E-state index in [1.54, 1.807) is 12.1 Å². The molecule has 1 unspecified atom stereocenters. The number of rotatable bonds is 7. The van der Waals surface area contributed by atoms with Gasteiger partial charge in [0, 0.05) is 18.6 Å². The van der Waals surface area contributed by atoms with Gasteiger partial charge in [0.2, 0.25) is 0 Å². The maximum absolute atomic E-state index is 10.8. The average molecular weight is 301 g/mol. The van der Waals surface area contributed by atoms with Crippen LogP contribution in [0, 0.1) is 10.1 Å². The Balaban J connectivity index is 1.89. The molecule has 2 aromatic carbocycles. The fourth-order valence-corrected chi connectivity index (χ4v) is 2.40. The Labute approximate surface area is 130 Å². The molecular weight excluding hydrogens is 280 g/mol. The molecule has 0 bridgehead atoms. The van der Waals surface area contributed by atoms with Gasteiger partial charge in [-0.3, -0.25) is 10.1 Å². The van der Waals surface area contributed by atoms with Crippen molar-refractivity contribution in [3.8, 4) is 0 Å². The second-order valence-electron chi connectivity index (χ2n) is 5.51. The van der Waals surface area contributed by atoms with Gasteiger partial charge in [-0.1, -0.05) is 42.5 Å². The molecule has 0 aliphatic heterocycles. The van der Waals surface area contributed by atoms with E-state index in [4.69, 9.17) is 0 Å². The highest BCUT2D eigenvalue weighted by atomic mass is 16.6. The first-order chi connectivity index (χ1) is 10.6. The standard InChI is InChI=1S/C17H20N2O3/c1-18(11-10-14-6-3-2-4-7-14)13-17(20)15-8-5-9-16(12-15)19(21)22/h2-9,12,17,20H,10-11,13H2,1H3/p+1/t17-/m1/s1. The molecule has 116 valence electrons. The van der Waals surface area contributed by atoms with Crippen LogP contribution < -0.4 is 4.90 Å². The Kier molecular flexibility index (Phi) is 5.63. The lowest BCUT2D eigenvalue weighted by Crippen LogP contribution is -3.09. The van der Waals surface area contributed by atoms with Crippen molar-refractivity contribution in [1.82, 2.24) is 0 Å². The number of quaternary nitrogens is 1. The van der Waals surface area contributed by atoms with E-state index in [9.17, 15) is 15.2 Å². The summed E-state index contributed by atoms with van der Waals surface area (Å²) in [5.41, 5.74) is 1.87. The Morgan fingerprint density at radius 1 is 1.18 bits per heavy atom. The average Bonchev–Trinajstić information content (AvgIpc) is 2.54. The van der Waals surface area contributed by atoms with E-state index < -0.39 is 11.0 Å². The molecule has 2 aromatic rings. The smallest absolute Gasteiger partial charge is 0.269 e. The third-order valence-electron chi connectivity index (χ3n) is 3.69. The minimum Gasteiger partial charge on any atom is -0.382 e. The molecule has 5 heteroatoms. The SMILES string of the molecule is C[NH+](CCc1ccccc1)C[C@@H](O)c1cccc([N+](=O)[O-])c1. The van der Waals surface area contributed by atoms with Gasteiger partial charge in [0.05, 0.1) is 18.5 Å². The molecule has 0 heterocycles. The van der Waals surface area contributed by atoms with Crippen molar-refractivity contribution in [3.63, 3.8) is 0 Å². The molecule has 0 saturated heterocycles. The van der Waals surface area contributed by atoms with Crippen molar-refractivity contribution in [2.24, 2.45) is 0 Å². The van der Waals surface area contributed by atoms with E-state index >= 15 is 0 Å². The summed E-state index contributed by atoms with van der Waals surface area (Å²) < 4.78 is 0. The summed E-state index contributed by atoms with van der Waals surface area (Å²) >= 11 is 0. The maximum Gasteiger partial charge on any atom is 0.269 e. The van der Waals surface area contributed by atoms with Gasteiger partial charge in [-0.2, -0.15) is 0 Å². The number of nitro benzene ring substituents is 1. The van der Waals surface area contributed by atoms with Crippen LogP contribution in [0.5, 0.6) is 0 Å². The number of aliphatic hydroxyl groups excluding tert-OH is 1. The largest absolute Gasteiger partial charge is 0.382 e. The lowest BCUT2D eigenvalue weighted by molar-refractivity contribution is -0.883. The summed E-state index contributed by atoms with van der Waals surface area (Å²) in [6.45, 7) is 1.42. The van der Waals surface area contributed by atoms with Gasteiger partial charge in [-0.05, 0) is 11.1 Å². The molecule has 0 radical (unpaired) electrons. The molecule has 22 heavy (non-hydrogen) atoms. The minimum atomic E-state index is -0.698. The fraction of sp³-hybridized carbons (Fsp3) is 0.294. The maximum atomic E-state index is 10.8. The zero-order valence-corrected chi connectivity index (χ0v) is 12.6. The number of nitrogens with one attached hydrogen (secondary N) is 1. The molecule has 2 N–H and O–H groups in total. The third kappa shape index (κ3) is 4.65. The van der Waals surface area contributed by atoms with Crippen molar-refractivity contribution in [1.29, 1.82) is 0 Å². The quantitative estimate of drug-likeness (QED) is 0.600. The molecule has 0 spiro atoms. The first-order valence-electron chi connectivity index (χ1n) is 7.34. The summed E-state index contributed by atoms with van der Waals surface area (Å²) in [7, 11) is 2.02. The molecular formula is C17H21N2O3+. The van der Waals surface area contributed by atoms with Crippen LogP contribution in [0.4, 0.5) is 5.69 Å². The highest BCUT2D eigenvalue weighted by Crippen LogP contribution is 2.18. The number of nitro groups is 1. The topological polar surface area (TPSA) is 67.8 Å². The van der Waals surface area contributed by atoms with Gasteiger partial charge < -0.3 is 10.0 Å². The van der Waals surface area contributed by atoms with Crippen LogP contribution in [-0.2, 0) is 6.42 Å². The van der Waals surface area contributed by atoms with E-state index in [1.807, 2.05) is 25.2 Å². The first kappa shape index (κ1) is 16.1. The molecule has 5 nitrogen and oxygen atoms in total. The van der Waals surface area contributed by atoms with E-state index in [0.29, 0.717) is 12.1 Å². The molecule has 0 aliphatic carbocycles. The number of aliphatic hydroxyl groups is 1. The Bertz CT molecular complexity index is 616. The van der Waals surface area contributed by atoms with Crippen molar-refractivity contribution in [2.75, 3.05) is 20.1 Å². The second-order valence-corrected chi connectivity index (χ2v) is 5.51. The monoisotopic (exact) mass is 301 g/mol. The molecule has 0 aromatic heterocycles. The van der Waals surface area contributed by atoms with E-state index in [0.717, 1.165) is 13.0 Å². The molecule has 2 atom stereocenters. The Morgan fingerprint density at radius 2 is 1.91 bits per heavy atom. The zero-order valence-electron chi connectivity index (χ0n) is 12.6. The Morgan fingerprint density at radius 3 is 2.59 bits per heavy atom. The van der Waals surface area contributed by atoms with Gasteiger partial charge in [0.15, 0.2) is 0 Å². The van der Waals surface area contributed by atoms with Crippen LogP contribution in [-0.4, -0.2) is 30.2 Å². The van der Waals surface area contributed by atoms with E-state index in [2.05, 4.69) is 12.1 Å². The van der Waals surface area contributed by atoms with E-state index in [1.165, 1.54) is 22.6 Å². The number of hydrogen-bond donors (Lipinski definition) is 2. The number of hydrogen-bond acceptors (Lipinski definition) is 3. The fourth-order valence-electron chi connectivity index (χ4n) is 2.40. The predicted octanol–water partition coefficient (Wildman–Crippen LogP) is 1.39. The van der Waals surface area contributed by atoms with Crippen molar-refractivity contribution >= 4 is 5.69 Å². The lowest BCUT2D eigenvalue weighted by atomic mass is 10.1. The third-order valence-corrected chi connectivity index (χ3v) is 3.69. The molecule has 0 amide bonds. The highest BCUT2D eigenvalue weighted by molar-refractivity contribution is 5.35. The number of benzene rings is 2. The van der Waals surface area contributed by atoms with Crippen LogP contribution in [0.3, 0.4) is 0 Å². The van der Waals surface area contributed by atoms with Gasteiger partial charge in [-0.25, -0.2) is 0 Å². The van der Waals surface area contributed by atoms with Crippen LogP contribution in [0.25, 0.3) is 0 Å². The molecule has 0 aliphatic rings. The Hall–Kier alpha value is -2.24. The molecule has 0 saturated carbocycles. The van der Waals surface area contributed by atoms with Crippen LogP contribution in [0.15, 0.2) is 54.6 Å². The number of nitrogens with zero attached hydrogens (tertiary/aromatic N) is 1. The van der Waals surface area contributed by atoms with Gasteiger partial charge >= 0.3 is 0 Å². The number of non-ortho nitro benzene ring substituents is 1. The summed E-state index contributed by atoms with van der Waals surface area (Å²) in [5, 5.41) is 21.0. The van der Waals surface area contributed by atoms with Gasteiger partial charge in [-0.15, -0.1) is 0 Å². The molecule has 0 fully saturated rings.